The van der Waals surface area contributed by atoms with E-state index in [1.54, 1.807) is 0 Å². The van der Waals surface area contributed by atoms with Crippen LogP contribution in [0.15, 0.2) is 0 Å². The van der Waals surface area contributed by atoms with Crippen LogP contribution in [-0.4, -0.2) is 24.0 Å². The van der Waals surface area contributed by atoms with Gasteiger partial charge in [0.15, 0.2) is 0 Å². The molecule has 1 unspecified atom stereocenters. The van der Waals surface area contributed by atoms with Gasteiger partial charge in [-0.25, -0.2) is 10.2 Å². The maximum absolute atomic E-state index is 12.8. The van der Waals surface area contributed by atoms with Gasteiger partial charge in [-0.05, 0) is 26.2 Å². The Kier molecular flexibility index (Phi) is 31.5. The molecule has 0 aliphatic rings. The molecule has 0 aliphatic carbocycles. The first-order valence-electron chi connectivity index (χ1n) is 19.2. The van der Waals surface area contributed by atoms with Crippen molar-refractivity contribution in [2.45, 2.75) is 226 Å². The van der Waals surface area contributed by atoms with Gasteiger partial charge in [0.1, 0.15) is 5.54 Å². The summed E-state index contributed by atoms with van der Waals surface area (Å²) < 4.78 is 5.62. The fourth-order valence-electron chi connectivity index (χ4n) is 5.91. The number of hydrazine groups is 1. The lowest BCUT2D eigenvalue weighted by atomic mass is 9.97. The highest BCUT2D eigenvalue weighted by Crippen LogP contribution is 2.17. The van der Waals surface area contributed by atoms with Gasteiger partial charge >= 0.3 is 5.97 Å². The second-order valence-electron chi connectivity index (χ2n) is 13.5. The summed E-state index contributed by atoms with van der Waals surface area (Å²) in [4.78, 5) is 25.3. The molecule has 0 heterocycles. The van der Waals surface area contributed by atoms with Gasteiger partial charge in [-0.1, -0.05) is 188 Å². The lowest BCUT2D eigenvalue weighted by Crippen LogP contribution is -2.57. The lowest BCUT2D eigenvalue weighted by molar-refractivity contribution is -0.152. The van der Waals surface area contributed by atoms with Crippen molar-refractivity contribution in [1.29, 1.82) is 0 Å². The largest absolute Gasteiger partial charge is 0.464 e. The van der Waals surface area contributed by atoms with Gasteiger partial charge in [0.05, 0.1) is 6.61 Å². The van der Waals surface area contributed by atoms with Crippen molar-refractivity contribution in [3.05, 3.63) is 0 Å². The fourth-order valence-corrected chi connectivity index (χ4v) is 5.91. The molecule has 0 aromatic heterocycles. The van der Waals surface area contributed by atoms with E-state index in [2.05, 4.69) is 31.6 Å². The monoisotopic (exact) mass is 609 g/mol. The predicted octanol–water partition coefficient (Wildman–Crippen LogP) is 11.7. The molecule has 2 N–H and O–H groups in total. The molecule has 0 spiro atoms. The van der Waals surface area contributed by atoms with Gasteiger partial charge in [0.25, 0.3) is 0 Å². The minimum Gasteiger partial charge on any atom is -0.464 e. The summed E-state index contributed by atoms with van der Waals surface area (Å²) in [6, 6.07) is 0. The molecule has 0 aliphatic heterocycles. The summed E-state index contributed by atoms with van der Waals surface area (Å²) in [5, 5.41) is 0. The maximum atomic E-state index is 12.8. The molecule has 43 heavy (non-hydrogen) atoms. The van der Waals surface area contributed by atoms with Crippen LogP contribution in [0, 0.1) is 0 Å². The molecule has 0 saturated carbocycles. The summed E-state index contributed by atoms with van der Waals surface area (Å²) in [6.45, 7) is 8.90. The van der Waals surface area contributed by atoms with Gasteiger partial charge in [-0.15, -0.1) is 0 Å². The lowest BCUT2D eigenvalue weighted by Gasteiger charge is -2.28. The average molecular weight is 609 g/mol. The van der Waals surface area contributed by atoms with Crippen molar-refractivity contribution in [3.63, 3.8) is 0 Å². The third-order valence-electron chi connectivity index (χ3n) is 8.92. The highest BCUT2D eigenvalue weighted by molar-refractivity contribution is 5.81. The molecule has 0 aromatic carbocycles. The number of esters is 1. The van der Waals surface area contributed by atoms with Gasteiger partial charge in [0, 0.05) is 6.42 Å². The SMILES string of the molecule is CCCCCCCCCCCCCCCCCC(=O)NNC(C)(CCC)C(=O)OCCCCCCCCCCCCCC. The summed E-state index contributed by atoms with van der Waals surface area (Å²) in [7, 11) is 0. The van der Waals surface area contributed by atoms with Crippen molar-refractivity contribution in [3.8, 4) is 0 Å². The zero-order chi connectivity index (χ0) is 31.7. The van der Waals surface area contributed by atoms with E-state index in [0.717, 1.165) is 32.1 Å². The molecule has 5 heteroatoms. The van der Waals surface area contributed by atoms with Crippen molar-refractivity contribution in [1.82, 2.24) is 10.9 Å². The normalized spacial score (nSPS) is 12.7. The topological polar surface area (TPSA) is 67.4 Å². The van der Waals surface area contributed by atoms with Gasteiger partial charge in [0.2, 0.25) is 5.91 Å². The molecule has 5 nitrogen and oxygen atoms in total. The molecule has 0 fully saturated rings. The third-order valence-corrected chi connectivity index (χ3v) is 8.92. The van der Waals surface area contributed by atoms with Crippen LogP contribution < -0.4 is 10.9 Å². The first kappa shape index (κ1) is 41.9. The molecular formula is C38H76N2O3. The highest BCUT2D eigenvalue weighted by atomic mass is 16.5. The number of carbonyl (C=O) groups is 2. The van der Waals surface area contributed by atoms with E-state index in [1.807, 2.05) is 6.92 Å². The van der Waals surface area contributed by atoms with E-state index < -0.39 is 5.54 Å². The highest BCUT2D eigenvalue weighted by Gasteiger charge is 2.34. The number of hydrogen-bond acceptors (Lipinski definition) is 4. The molecule has 0 rings (SSSR count). The first-order valence-corrected chi connectivity index (χ1v) is 19.2. The number of amides is 1. The average Bonchev–Trinajstić information content (AvgIpc) is 3.00. The Morgan fingerprint density at radius 3 is 1.21 bits per heavy atom. The van der Waals surface area contributed by atoms with E-state index in [0.29, 0.717) is 19.4 Å². The summed E-state index contributed by atoms with van der Waals surface area (Å²) in [5.74, 6) is -0.296. The predicted molar refractivity (Wildman–Crippen MR) is 186 cm³/mol. The summed E-state index contributed by atoms with van der Waals surface area (Å²) in [5.41, 5.74) is 4.94. The minimum absolute atomic E-state index is 0.0363. The van der Waals surface area contributed by atoms with Crippen LogP contribution in [0.4, 0.5) is 0 Å². The Morgan fingerprint density at radius 2 is 0.837 bits per heavy atom. The van der Waals surface area contributed by atoms with E-state index in [1.165, 1.54) is 148 Å². The Morgan fingerprint density at radius 1 is 0.488 bits per heavy atom. The molecule has 1 atom stereocenters. The van der Waals surface area contributed by atoms with Crippen molar-refractivity contribution < 1.29 is 14.3 Å². The Balaban J connectivity index is 3.76. The van der Waals surface area contributed by atoms with Gasteiger partial charge in [-0.2, -0.15) is 0 Å². The van der Waals surface area contributed by atoms with Crippen molar-refractivity contribution in [2.75, 3.05) is 6.61 Å². The molecule has 0 aromatic rings. The van der Waals surface area contributed by atoms with Crippen molar-refractivity contribution in [2.24, 2.45) is 0 Å². The van der Waals surface area contributed by atoms with E-state index >= 15 is 0 Å². The molecule has 256 valence electrons. The quantitative estimate of drug-likeness (QED) is 0.0433. The molecular weight excluding hydrogens is 532 g/mol. The molecule has 0 saturated heterocycles. The van der Waals surface area contributed by atoms with Crippen molar-refractivity contribution >= 4 is 11.9 Å². The zero-order valence-electron chi connectivity index (χ0n) is 29.6. The van der Waals surface area contributed by atoms with E-state index in [4.69, 9.17) is 4.74 Å². The van der Waals surface area contributed by atoms with Crippen LogP contribution in [0.5, 0.6) is 0 Å². The fraction of sp³-hybridized carbons (Fsp3) is 0.947. The number of rotatable bonds is 34. The Labute approximate surface area is 269 Å². The molecule has 0 radical (unpaired) electrons. The first-order chi connectivity index (χ1) is 21.0. The third kappa shape index (κ3) is 28.1. The Hall–Kier alpha value is -1.10. The maximum Gasteiger partial charge on any atom is 0.327 e. The van der Waals surface area contributed by atoms with E-state index in [-0.39, 0.29) is 11.9 Å². The number of ether oxygens (including phenoxy) is 1. The van der Waals surface area contributed by atoms with Crippen LogP contribution in [0.2, 0.25) is 0 Å². The minimum atomic E-state index is -0.878. The standard InChI is InChI=1S/C38H76N2O3/c1-5-8-10-12-14-16-18-20-21-22-23-25-27-29-31-33-36(41)39-40-38(4,34-7-3)37(42)43-35-32-30-28-26-24-19-17-15-13-11-9-6-2/h40H,5-35H2,1-4H3,(H,39,41). The summed E-state index contributed by atoms with van der Waals surface area (Å²) in [6.07, 6.45) is 37.2. The second-order valence-corrected chi connectivity index (χ2v) is 13.5. The summed E-state index contributed by atoms with van der Waals surface area (Å²) >= 11 is 0. The second kappa shape index (κ2) is 32.3. The molecule has 1 amide bonds. The smallest absolute Gasteiger partial charge is 0.327 e. The van der Waals surface area contributed by atoms with Crippen LogP contribution in [-0.2, 0) is 14.3 Å². The Bertz CT molecular complexity index is 612. The van der Waals surface area contributed by atoms with Gasteiger partial charge in [-0.3, -0.25) is 10.2 Å². The van der Waals surface area contributed by atoms with Crippen LogP contribution >= 0.6 is 0 Å². The van der Waals surface area contributed by atoms with Gasteiger partial charge < -0.3 is 4.74 Å². The number of hydrogen-bond donors (Lipinski definition) is 2. The number of carbonyl (C=O) groups excluding carboxylic acids is 2. The number of nitrogens with one attached hydrogen (secondary N) is 2. The van der Waals surface area contributed by atoms with Crippen LogP contribution in [0.3, 0.4) is 0 Å². The van der Waals surface area contributed by atoms with E-state index in [9.17, 15) is 9.59 Å². The van der Waals surface area contributed by atoms with Crippen LogP contribution in [0.25, 0.3) is 0 Å². The molecule has 0 bridgehead atoms. The zero-order valence-corrected chi connectivity index (χ0v) is 29.6. The van der Waals surface area contributed by atoms with Crippen LogP contribution in [0.1, 0.15) is 220 Å². The number of unbranched alkanes of at least 4 members (excludes halogenated alkanes) is 25.